The largest absolute Gasteiger partial charge is 0.348 e. The Kier molecular flexibility index (Phi) is 5.91. The standard InChI is InChI=1S/C19H23BrFN3O/c1-2-24-13-15(20)11-18(24)19(25)22-17-7-9-23(10-8-17)12-14-3-5-16(21)6-4-14/h3-6,11,13,17H,2,7-10,12H2,1H3,(H,22,25). The van der Waals surface area contributed by atoms with Crippen LogP contribution in [0.3, 0.4) is 0 Å². The number of aromatic nitrogens is 1. The zero-order valence-electron chi connectivity index (χ0n) is 14.3. The van der Waals surface area contributed by atoms with Crippen molar-refractivity contribution in [2.24, 2.45) is 0 Å². The zero-order chi connectivity index (χ0) is 17.8. The van der Waals surface area contributed by atoms with Crippen LogP contribution >= 0.6 is 15.9 Å². The Morgan fingerprint density at radius 1 is 1.28 bits per heavy atom. The van der Waals surface area contributed by atoms with E-state index < -0.39 is 0 Å². The van der Waals surface area contributed by atoms with E-state index in [0.29, 0.717) is 5.69 Å². The van der Waals surface area contributed by atoms with Crippen molar-refractivity contribution >= 4 is 21.8 Å². The van der Waals surface area contributed by atoms with Gasteiger partial charge in [-0.3, -0.25) is 9.69 Å². The molecule has 1 fully saturated rings. The van der Waals surface area contributed by atoms with E-state index in [9.17, 15) is 9.18 Å². The summed E-state index contributed by atoms with van der Waals surface area (Å²) in [6.45, 7) is 5.48. The third-order valence-electron chi connectivity index (χ3n) is 4.68. The van der Waals surface area contributed by atoms with Gasteiger partial charge in [-0.15, -0.1) is 0 Å². The minimum atomic E-state index is -0.200. The van der Waals surface area contributed by atoms with E-state index in [2.05, 4.69) is 26.1 Å². The van der Waals surface area contributed by atoms with Gasteiger partial charge in [0, 0.05) is 42.9 Å². The zero-order valence-corrected chi connectivity index (χ0v) is 15.9. The lowest BCUT2D eigenvalue weighted by atomic mass is 10.0. The molecule has 1 aromatic carbocycles. The first-order chi connectivity index (χ1) is 12.0. The van der Waals surface area contributed by atoms with Gasteiger partial charge in [0.2, 0.25) is 0 Å². The van der Waals surface area contributed by atoms with Crippen molar-refractivity contribution in [1.82, 2.24) is 14.8 Å². The number of benzene rings is 1. The van der Waals surface area contributed by atoms with Crippen molar-refractivity contribution < 1.29 is 9.18 Å². The first kappa shape index (κ1) is 18.1. The summed E-state index contributed by atoms with van der Waals surface area (Å²) in [4.78, 5) is 14.9. The second-order valence-electron chi connectivity index (χ2n) is 6.48. The molecule has 1 saturated heterocycles. The van der Waals surface area contributed by atoms with Crippen molar-refractivity contribution in [3.63, 3.8) is 0 Å². The van der Waals surface area contributed by atoms with Gasteiger partial charge < -0.3 is 9.88 Å². The normalized spacial score (nSPS) is 16.1. The van der Waals surface area contributed by atoms with Crippen LogP contribution in [0.5, 0.6) is 0 Å². The minimum absolute atomic E-state index is 0.00969. The number of carbonyl (C=O) groups excluding carboxylic acids is 1. The second kappa shape index (κ2) is 8.15. The topological polar surface area (TPSA) is 37.3 Å². The number of rotatable bonds is 5. The van der Waals surface area contributed by atoms with Gasteiger partial charge in [-0.25, -0.2) is 4.39 Å². The number of nitrogens with zero attached hydrogens (tertiary/aromatic N) is 2. The summed E-state index contributed by atoms with van der Waals surface area (Å²) in [5.41, 5.74) is 1.82. The molecule has 0 bridgehead atoms. The van der Waals surface area contributed by atoms with Gasteiger partial charge in [0.05, 0.1) is 0 Å². The van der Waals surface area contributed by atoms with Gasteiger partial charge in [0.15, 0.2) is 0 Å². The lowest BCUT2D eigenvalue weighted by Crippen LogP contribution is -2.44. The van der Waals surface area contributed by atoms with Crippen LogP contribution in [0.1, 0.15) is 35.8 Å². The molecular weight excluding hydrogens is 385 g/mol. The van der Waals surface area contributed by atoms with Gasteiger partial charge in [0.1, 0.15) is 11.5 Å². The number of piperidine rings is 1. The quantitative estimate of drug-likeness (QED) is 0.817. The fourth-order valence-corrected chi connectivity index (χ4v) is 3.73. The Morgan fingerprint density at radius 2 is 1.96 bits per heavy atom. The number of hydrogen-bond donors (Lipinski definition) is 1. The van der Waals surface area contributed by atoms with E-state index in [-0.39, 0.29) is 17.8 Å². The molecule has 1 aliphatic rings. The molecule has 0 unspecified atom stereocenters. The lowest BCUT2D eigenvalue weighted by molar-refractivity contribution is 0.0899. The van der Waals surface area contributed by atoms with Crippen molar-refractivity contribution in [3.8, 4) is 0 Å². The maximum atomic E-state index is 13.0. The summed E-state index contributed by atoms with van der Waals surface area (Å²) in [6.07, 6.45) is 3.79. The number of carbonyl (C=O) groups is 1. The average molecular weight is 408 g/mol. The van der Waals surface area contributed by atoms with E-state index in [4.69, 9.17) is 0 Å². The molecule has 1 amide bonds. The smallest absolute Gasteiger partial charge is 0.268 e. The molecule has 134 valence electrons. The first-order valence-electron chi connectivity index (χ1n) is 8.68. The van der Waals surface area contributed by atoms with Gasteiger partial charge in [-0.2, -0.15) is 0 Å². The number of hydrogen-bond acceptors (Lipinski definition) is 2. The van der Waals surface area contributed by atoms with Crippen LogP contribution in [0.25, 0.3) is 0 Å². The van der Waals surface area contributed by atoms with Gasteiger partial charge in [-0.1, -0.05) is 12.1 Å². The Bertz CT molecular complexity index is 721. The van der Waals surface area contributed by atoms with Crippen molar-refractivity contribution in [2.75, 3.05) is 13.1 Å². The summed E-state index contributed by atoms with van der Waals surface area (Å²) >= 11 is 3.43. The maximum Gasteiger partial charge on any atom is 0.268 e. The third-order valence-corrected chi connectivity index (χ3v) is 5.11. The Hall–Kier alpha value is -1.66. The molecule has 0 aliphatic carbocycles. The van der Waals surface area contributed by atoms with E-state index in [0.717, 1.165) is 49.1 Å². The van der Waals surface area contributed by atoms with Crippen LogP contribution in [-0.2, 0) is 13.1 Å². The highest BCUT2D eigenvalue weighted by atomic mass is 79.9. The fourth-order valence-electron chi connectivity index (χ4n) is 3.27. The molecule has 4 nitrogen and oxygen atoms in total. The number of likely N-dealkylation sites (tertiary alicyclic amines) is 1. The monoisotopic (exact) mass is 407 g/mol. The molecule has 0 saturated carbocycles. The number of nitrogens with one attached hydrogen (secondary N) is 1. The van der Waals surface area contributed by atoms with Crippen molar-refractivity contribution in [1.29, 1.82) is 0 Å². The van der Waals surface area contributed by atoms with E-state index in [1.54, 1.807) is 0 Å². The van der Waals surface area contributed by atoms with Gasteiger partial charge >= 0.3 is 0 Å². The SMILES string of the molecule is CCn1cc(Br)cc1C(=O)NC1CCN(Cc2ccc(F)cc2)CC1. The summed E-state index contributed by atoms with van der Waals surface area (Å²) in [5.74, 6) is -0.210. The van der Waals surface area contributed by atoms with Crippen LogP contribution in [0.2, 0.25) is 0 Å². The number of aryl methyl sites for hydroxylation is 1. The molecule has 1 aromatic heterocycles. The Balaban J connectivity index is 1.50. The fraction of sp³-hybridized carbons (Fsp3) is 0.421. The molecule has 6 heteroatoms. The van der Waals surface area contributed by atoms with Crippen LogP contribution in [-0.4, -0.2) is 34.5 Å². The molecule has 2 aromatic rings. The molecule has 0 atom stereocenters. The van der Waals surface area contributed by atoms with E-state index in [1.165, 1.54) is 12.1 Å². The summed E-state index contributed by atoms with van der Waals surface area (Å²) in [6, 6.07) is 8.74. The van der Waals surface area contributed by atoms with Gasteiger partial charge in [0.25, 0.3) is 5.91 Å². The second-order valence-corrected chi connectivity index (χ2v) is 7.40. The average Bonchev–Trinajstić information content (AvgIpc) is 3.00. The van der Waals surface area contributed by atoms with Crippen LogP contribution < -0.4 is 5.32 Å². The predicted octanol–water partition coefficient (Wildman–Crippen LogP) is 3.80. The minimum Gasteiger partial charge on any atom is -0.348 e. The number of halogens is 2. The molecule has 3 rings (SSSR count). The summed E-state index contributed by atoms with van der Waals surface area (Å²) in [5, 5.41) is 3.16. The molecule has 2 heterocycles. The van der Waals surface area contributed by atoms with E-state index >= 15 is 0 Å². The highest BCUT2D eigenvalue weighted by Gasteiger charge is 2.22. The van der Waals surface area contributed by atoms with E-state index in [1.807, 2.05) is 35.9 Å². The molecule has 1 aliphatic heterocycles. The molecule has 1 N–H and O–H groups in total. The third kappa shape index (κ3) is 4.70. The molecule has 0 radical (unpaired) electrons. The lowest BCUT2D eigenvalue weighted by Gasteiger charge is -2.32. The Labute approximate surface area is 156 Å². The van der Waals surface area contributed by atoms with Crippen LogP contribution in [0.4, 0.5) is 4.39 Å². The summed E-state index contributed by atoms with van der Waals surface area (Å²) < 4.78 is 15.8. The molecule has 0 spiro atoms. The van der Waals surface area contributed by atoms with Crippen molar-refractivity contribution in [2.45, 2.75) is 38.9 Å². The summed E-state index contributed by atoms with van der Waals surface area (Å²) in [7, 11) is 0. The highest BCUT2D eigenvalue weighted by Crippen LogP contribution is 2.17. The van der Waals surface area contributed by atoms with Crippen LogP contribution in [0, 0.1) is 5.82 Å². The predicted molar refractivity (Wildman–Crippen MR) is 100.0 cm³/mol. The van der Waals surface area contributed by atoms with Crippen LogP contribution in [0.15, 0.2) is 41.0 Å². The molecule has 25 heavy (non-hydrogen) atoms. The highest BCUT2D eigenvalue weighted by molar-refractivity contribution is 9.10. The molecular formula is C19H23BrFN3O. The number of amides is 1. The first-order valence-corrected chi connectivity index (χ1v) is 9.48. The Morgan fingerprint density at radius 3 is 2.60 bits per heavy atom. The maximum absolute atomic E-state index is 13.0. The van der Waals surface area contributed by atoms with Gasteiger partial charge in [-0.05, 0) is 59.5 Å². The van der Waals surface area contributed by atoms with Crippen molar-refractivity contribution in [3.05, 3.63) is 58.1 Å².